The number of nitrogens with one attached hydrogen (secondary N) is 1. The second kappa shape index (κ2) is 9.39. The predicted octanol–water partition coefficient (Wildman–Crippen LogP) is 2.54. The van der Waals surface area contributed by atoms with E-state index in [2.05, 4.69) is 5.32 Å². The van der Waals surface area contributed by atoms with Gasteiger partial charge in [0.2, 0.25) is 0 Å². The smallest absolute Gasteiger partial charge is 0.255 e. The van der Waals surface area contributed by atoms with Crippen molar-refractivity contribution in [2.24, 2.45) is 0 Å². The van der Waals surface area contributed by atoms with Crippen LogP contribution in [0.4, 0.5) is 0 Å². The molecular formula is C21H25NO5. The molecule has 27 heavy (non-hydrogen) atoms. The second-order valence-corrected chi connectivity index (χ2v) is 6.33. The van der Waals surface area contributed by atoms with Crippen LogP contribution in [0.3, 0.4) is 0 Å². The quantitative estimate of drug-likeness (QED) is 0.782. The average Bonchev–Trinajstić information content (AvgIpc) is 2.70. The van der Waals surface area contributed by atoms with Gasteiger partial charge in [-0.2, -0.15) is 0 Å². The van der Waals surface area contributed by atoms with Gasteiger partial charge in [-0.05, 0) is 43.2 Å². The molecule has 2 aromatic carbocycles. The molecule has 2 atom stereocenters. The van der Waals surface area contributed by atoms with E-state index in [0.29, 0.717) is 43.3 Å². The fourth-order valence-corrected chi connectivity index (χ4v) is 3.02. The summed E-state index contributed by atoms with van der Waals surface area (Å²) in [7, 11) is 0. The molecule has 3 rings (SSSR count). The first-order chi connectivity index (χ1) is 13.2. The SMILES string of the molecule is CCOc1ccccc1C(=O)N[C@@H]1CCOC[C@H]1Oc1ccc(CO)cc1. The maximum atomic E-state index is 12.8. The lowest BCUT2D eigenvalue weighted by Crippen LogP contribution is -2.51. The zero-order valence-electron chi connectivity index (χ0n) is 15.4. The van der Waals surface area contributed by atoms with Crippen LogP contribution in [0.25, 0.3) is 0 Å². The third kappa shape index (κ3) is 4.99. The van der Waals surface area contributed by atoms with Gasteiger partial charge in [-0.3, -0.25) is 4.79 Å². The fourth-order valence-electron chi connectivity index (χ4n) is 3.02. The van der Waals surface area contributed by atoms with Crippen molar-refractivity contribution in [3.8, 4) is 11.5 Å². The topological polar surface area (TPSA) is 77.0 Å². The number of carbonyl (C=O) groups is 1. The lowest BCUT2D eigenvalue weighted by molar-refractivity contribution is -0.0135. The number of hydrogen-bond acceptors (Lipinski definition) is 5. The van der Waals surface area contributed by atoms with E-state index < -0.39 is 0 Å². The summed E-state index contributed by atoms with van der Waals surface area (Å²) in [5, 5.41) is 12.2. The lowest BCUT2D eigenvalue weighted by Gasteiger charge is -2.32. The van der Waals surface area contributed by atoms with Crippen molar-refractivity contribution in [3.05, 3.63) is 59.7 Å². The van der Waals surface area contributed by atoms with Crippen molar-refractivity contribution in [2.45, 2.75) is 32.1 Å². The van der Waals surface area contributed by atoms with E-state index in [4.69, 9.17) is 19.3 Å². The number of aliphatic hydroxyl groups is 1. The summed E-state index contributed by atoms with van der Waals surface area (Å²) in [6.45, 7) is 3.35. The van der Waals surface area contributed by atoms with E-state index in [0.717, 1.165) is 5.56 Å². The minimum Gasteiger partial charge on any atom is -0.493 e. The molecule has 6 nitrogen and oxygen atoms in total. The zero-order chi connectivity index (χ0) is 19.1. The average molecular weight is 371 g/mol. The predicted molar refractivity (Wildman–Crippen MR) is 101 cm³/mol. The molecule has 0 bridgehead atoms. The lowest BCUT2D eigenvalue weighted by atomic mass is 10.0. The number of carbonyl (C=O) groups excluding carboxylic acids is 1. The minimum absolute atomic E-state index is 0.00918. The summed E-state index contributed by atoms with van der Waals surface area (Å²) in [6.07, 6.45) is 0.379. The highest BCUT2D eigenvalue weighted by Crippen LogP contribution is 2.21. The van der Waals surface area contributed by atoms with Crippen molar-refractivity contribution in [3.63, 3.8) is 0 Å². The maximum Gasteiger partial charge on any atom is 0.255 e. The molecular weight excluding hydrogens is 346 g/mol. The van der Waals surface area contributed by atoms with Crippen LogP contribution in [0.1, 0.15) is 29.3 Å². The van der Waals surface area contributed by atoms with Crippen LogP contribution >= 0.6 is 0 Å². The van der Waals surface area contributed by atoms with Crippen molar-refractivity contribution in [2.75, 3.05) is 19.8 Å². The first-order valence-electron chi connectivity index (χ1n) is 9.18. The van der Waals surface area contributed by atoms with E-state index in [9.17, 15) is 4.79 Å². The van der Waals surface area contributed by atoms with Crippen molar-refractivity contribution < 1.29 is 24.1 Å². The summed E-state index contributed by atoms with van der Waals surface area (Å²) in [5.74, 6) is 1.06. The molecule has 0 aromatic heterocycles. The molecule has 144 valence electrons. The maximum absolute atomic E-state index is 12.8. The Balaban J connectivity index is 1.69. The molecule has 0 spiro atoms. The summed E-state index contributed by atoms with van der Waals surface area (Å²) in [6, 6.07) is 14.3. The van der Waals surface area contributed by atoms with Crippen LogP contribution in [0.2, 0.25) is 0 Å². The normalized spacial score (nSPS) is 19.3. The van der Waals surface area contributed by atoms with Crippen LogP contribution in [0.5, 0.6) is 11.5 Å². The highest BCUT2D eigenvalue weighted by Gasteiger charge is 2.30. The van der Waals surface area contributed by atoms with Gasteiger partial charge in [0.1, 0.15) is 17.6 Å². The van der Waals surface area contributed by atoms with Gasteiger partial charge in [0.15, 0.2) is 0 Å². The number of amides is 1. The van der Waals surface area contributed by atoms with Gasteiger partial charge < -0.3 is 24.6 Å². The molecule has 0 radical (unpaired) electrons. The Morgan fingerprint density at radius 2 is 2.00 bits per heavy atom. The Labute approximate surface area is 159 Å². The van der Waals surface area contributed by atoms with Gasteiger partial charge in [-0.15, -0.1) is 0 Å². The Morgan fingerprint density at radius 1 is 1.22 bits per heavy atom. The molecule has 0 saturated carbocycles. The van der Waals surface area contributed by atoms with Gasteiger partial charge in [0.25, 0.3) is 5.91 Å². The third-order valence-corrected chi connectivity index (χ3v) is 4.45. The zero-order valence-corrected chi connectivity index (χ0v) is 15.4. The van der Waals surface area contributed by atoms with Crippen LogP contribution in [-0.4, -0.2) is 43.0 Å². The van der Waals surface area contributed by atoms with E-state index in [1.165, 1.54) is 0 Å². The molecule has 1 aliphatic rings. The van der Waals surface area contributed by atoms with Gasteiger partial charge in [-0.1, -0.05) is 24.3 Å². The number of hydrogen-bond donors (Lipinski definition) is 2. The number of rotatable bonds is 7. The summed E-state index contributed by atoms with van der Waals surface area (Å²) >= 11 is 0. The van der Waals surface area contributed by atoms with Crippen LogP contribution in [0, 0.1) is 0 Å². The van der Waals surface area contributed by atoms with Gasteiger partial charge in [0, 0.05) is 6.61 Å². The molecule has 2 aromatic rings. The van der Waals surface area contributed by atoms with Gasteiger partial charge >= 0.3 is 0 Å². The summed E-state index contributed by atoms with van der Waals surface area (Å²) in [5.41, 5.74) is 1.33. The molecule has 1 amide bonds. The van der Waals surface area contributed by atoms with Crippen LogP contribution in [0.15, 0.2) is 48.5 Å². The molecule has 1 saturated heterocycles. The molecule has 1 fully saturated rings. The second-order valence-electron chi connectivity index (χ2n) is 6.33. The summed E-state index contributed by atoms with van der Waals surface area (Å²) in [4.78, 5) is 12.8. The number of ether oxygens (including phenoxy) is 3. The Hall–Kier alpha value is -2.57. The molecule has 0 aliphatic carbocycles. The standard InChI is InChI=1S/C21H25NO5/c1-2-26-19-6-4-3-5-17(19)21(24)22-18-11-12-25-14-20(18)27-16-9-7-15(13-23)8-10-16/h3-10,18,20,23H,2,11-14H2,1H3,(H,22,24)/t18-,20-/m1/s1. The van der Waals surface area contributed by atoms with Crippen molar-refractivity contribution in [1.29, 1.82) is 0 Å². The molecule has 2 N–H and O–H groups in total. The highest BCUT2D eigenvalue weighted by molar-refractivity contribution is 5.97. The first-order valence-corrected chi connectivity index (χ1v) is 9.18. The van der Waals surface area contributed by atoms with E-state index in [-0.39, 0.29) is 24.7 Å². The van der Waals surface area contributed by atoms with Crippen molar-refractivity contribution >= 4 is 5.91 Å². The Morgan fingerprint density at radius 3 is 2.74 bits per heavy atom. The fraction of sp³-hybridized carbons (Fsp3) is 0.381. The number of aliphatic hydroxyl groups excluding tert-OH is 1. The number of para-hydroxylation sites is 1. The molecule has 6 heteroatoms. The van der Waals surface area contributed by atoms with Gasteiger partial charge in [-0.25, -0.2) is 0 Å². The third-order valence-electron chi connectivity index (χ3n) is 4.45. The first kappa shape index (κ1) is 19.2. The Kier molecular flexibility index (Phi) is 6.68. The largest absolute Gasteiger partial charge is 0.493 e. The molecule has 0 unspecified atom stereocenters. The Bertz CT molecular complexity index is 746. The minimum atomic E-state index is -0.290. The number of benzene rings is 2. The van der Waals surface area contributed by atoms with E-state index >= 15 is 0 Å². The van der Waals surface area contributed by atoms with Crippen LogP contribution in [-0.2, 0) is 11.3 Å². The molecule has 1 heterocycles. The highest BCUT2D eigenvalue weighted by atomic mass is 16.5. The molecule has 1 aliphatic heterocycles. The van der Waals surface area contributed by atoms with E-state index in [1.807, 2.05) is 43.3 Å². The van der Waals surface area contributed by atoms with Crippen LogP contribution < -0.4 is 14.8 Å². The van der Waals surface area contributed by atoms with E-state index in [1.54, 1.807) is 12.1 Å². The van der Waals surface area contributed by atoms with Crippen molar-refractivity contribution in [1.82, 2.24) is 5.32 Å². The van der Waals surface area contributed by atoms with Gasteiger partial charge in [0.05, 0.1) is 31.4 Å². The summed E-state index contributed by atoms with van der Waals surface area (Å²) < 4.78 is 17.1. The monoisotopic (exact) mass is 371 g/mol.